The zero-order valence-corrected chi connectivity index (χ0v) is 25.2. The molecule has 0 aromatic carbocycles. The van der Waals surface area contributed by atoms with Gasteiger partial charge in [0.15, 0.2) is 0 Å². The van der Waals surface area contributed by atoms with E-state index in [0.29, 0.717) is 0 Å². The second kappa shape index (κ2) is 8.00. The standard InChI is InChI=1S/3C6H15OSi.Sb/c3*1-6(2,3)8(4,5)7;/h3*1-5H3;/q3*-1;+3. The van der Waals surface area contributed by atoms with Gasteiger partial charge in [0.05, 0.1) is 0 Å². The third kappa shape index (κ3) is 7.35. The summed E-state index contributed by atoms with van der Waals surface area (Å²) in [6, 6.07) is 0. The molecule has 0 heterocycles. The molecule has 3 nitrogen and oxygen atoms in total. The van der Waals surface area contributed by atoms with Gasteiger partial charge in [-0.15, -0.1) is 0 Å². The van der Waals surface area contributed by atoms with E-state index in [1.54, 1.807) is 0 Å². The van der Waals surface area contributed by atoms with Gasteiger partial charge in [0.1, 0.15) is 0 Å². The van der Waals surface area contributed by atoms with Crippen LogP contribution in [0, 0.1) is 0 Å². The Morgan fingerprint density at radius 1 is 0.440 bits per heavy atom. The second-order valence-corrected chi connectivity index (χ2v) is 31.9. The molecule has 0 fully saturated rings. The normalized spacial score (nSPS) is 15.8. The predicted molar refractivity (Wildman–Crippen MR) is 121 cm³/mol. The molecule has 7 heteroatoms. The van der Waals surface area contributed by atoms with Crippen LogP contribution in [0.1, 0.15) is 62.3 Å². The van der Waals surface area contributed by atoms with Gasteiger partial charge in [0.25, 0.3) is 0 Å². The van der Waals surface area contributed by atoms with Crippen molar-refractivity contribution in [2.75, 3.05) is 0 Å². The Balaban J connectivity index is 5.70. The molecule has 0 spiro atoms. The summed E-state index contributed by atoms with van der Waals surface area (Å²) in [5.74, 6) is 0. The molecule has 0 aliphatic rings. The van der Waals surface area contributed by atoms with Crippen LogP contribution in [-0.4, -0.2) is 46.4 Å². The summed E-state index contributed by atoms with van der Waals surface area (Å²) in [5.41, 5.74) is 0. The fourth-order valence-electron chi connectivity index (χ4n) is 1.03. The number of hydrogen-bond donors (Lipinski definition) is 0. The summed E-state index contributed by atoms with van der Waals surface area (Å²) in [6.07, 6.45) is 0. The topological polar surface area (TPSA) is 27.7 Å². The molecule has 0 atom stereocenters. The molecule has 0 aliphatic carbocycles. The van der Waals surface area contributed by atoms with Crippen LogP contribution in [0.5, 0.6) is 0 Å². The van der Waals surface area contributed by atoms with E-state index >= 15 is 0 Å². The molecule has 152 valence electrons. The minimum atomic E-state index is -2.76. The van der Waals surface area contributed by atoms with Crippen LogP contribution in [0.2, 0.25) is 54.4 Å². The molecule has 25 heavy (non-hydrogen) atoms. The minimum absolute atomic E-state index is 0.170. The summed E-state index contributed by atoms with van der Waals surface area (Å²) in [5, 5.41) is 0.509. The Morgan fingerprint density at radius 2 is 0.600 bits per heavy atom. The van der Waals surface area contributed by atoms with E-state index in [4.69, 9.17) is 8.11 Å². The molecule has 0 rings (SSSR count). The fourth-order valence-corrected chi connectivity index (χ4v) is 22.9. The van der Waals surface area contributed by atoms with Crippen molar-refractivity contribution in [1.82, 2.24) is 0 Å². The van der Waals surface area contributed by atoms with Crippen LogP contribution in [0.15, 0.2) is 0 Å². The summed E-state index contributed by atoms with van der Waals surface area (Å²) < 4.78 is 20.4. The third-order valence-electron chi connectivity index (χ3n) is 6.33. The SMILES string of the molecule is CC(C)(C)[Si](C)(C)[O][Sb]([O][Si](C)(C)C(C)(C)C)[O][Si](C)(C)C(C)(C)C. The average molecular weight is 516 g/mol. The van der Waals surface area contributed by atoms with E-state index in [9.17, 15) is 0 Å². The van der Waals surface area contributed by atoms with Crippen molar-refractivity contribution in [2.45, 2.75) is 117 Å². The Hall–Kier alpha value is 1.35. The summed E-state index contributed by atoms with van der Waals surface area (Å²) >= 11 is -2.76. The summed E-state index contributed by atoms with van der Waals surface area (Å²) in [7, 11) is -5.73. The second-order valence-electron chi connectivity index (χ2n) is 11.8. The van der Waals surface area contributed by atoms with E-state index < -0.39 is 46.4 Å². The Bertz CT molecular complexity index is 377. The summed E-state index contributed by atoms with van der Waals surface area (Å²) in [4.78, 5) is 0. The Morgan fingerprint density at radius 3 is 0.720 bits per heavy atom. The molecule has 0 saturated heterocycles. The molecule has 0 bridgehead atoms. The van der Waals surface area contributed by atoms with E-state index in [1.165, 1.54) is 0 Å². The van der Waals surface area contributed by atoms with Gasteiger partial charge < -0.3 is 0 Å². The van der Waals surface area contributed by atoms with Gasteiger partial charge in [-0.25, -0.2) is 0 Å². The first-order valence-corrected chi connectivity index (χ1v) is 21.3. The first-order valence-electron chi connectivity index (χ1n) is 9.41. The van der Waals surface area contributed by atoms with Crippen molar-refractivity contribution in [3.05, 3.63) is 0 Å². The van der Waals surface area contributed by atoms with Crippen molar-refractivity contribution < 1.29 is 8.11 Å². The van der Waals surface area contributed by atoms with Crippen molar-refractivity contribution >= 4 is 46.4 Å². The maximum atomic E-state index is 6.81. The Kier molecular flexibility index (Phi) is 8.43. The fraction of sp³-hybridized carbons (Fsp3) is 1.00. The zero-order valence-electron chi connectivity index (χ0n) is 19.7. The van der Waals surface area contributed by atoms with Crippen molar-refractivity contribution in [3.8, 4) is 0 Å². The van der Waals surface area contributed by atoms with Gasteiger partial charge in [0, 0.05) is 0 Å². The van der Waals surface area contributed by atoms with Crippen LogP contribution in [0.25, 0.3) is 0 Å². The van der Waals surface area contributed by atoms with Crippen LogP contribution < -0.4 is 0 Å². The molecule has 0 radical (unpaired) electrons. The van der Waals surface area contributed by atoms with E-state index in [0.717, 1.165) is 0 Å². The van der Waals surface area contributed by atoms with E-state index in [1.807, 2.05) is 0 Å². The summed E-state index contributed by atoms with van der Waals surface area (Å²) in [6.45, 7) is 34.5. The molecule has 0 aromatic heterocycles. The van der Waals surface area contributed by atoms with Crippen LogP contribution >= 0.6 is 0 Å². The van der Waals surface area contributed by atoms with Gasteiger partial charge in [-0.1, -0.05) is 0 Å². The Labute approximate surface area is 170 Å². The van der Waals surface area contributed by atoms with Crippen LogP contribution in [0.4, 0.5) is 0 Å². The van der Waals surface area contributed by atoms with Crippen LogP contribution in [-0.2, 0) is 8.11 Å². The molecule has 0 N–H and O–H groups in total. The molecule has 0 unspecified atom stereocenters. The third-order valence-corrected chi connectivity index (χ3v) is 34.5. The van der Waals surface area contributed by atoms with E-state index in [2.05, 4.69) is 102 Å². The van der Waals surface area contributed by atoms with Gasteiger partial charge in [-0.3, -0.25) is 0 Å². The molecule has 0 aromatic rings. The van der Waals surface area contributed by atoms with Gasteiger partial charge >= 0.3 is 171 Å². The first kappa shape index (κ1) is 26.3. The van der Waals surface area contributed by atoms with Gasteiger partial charge in [-0.05, 0) is 0 Å². The van der Waals surface area contributed by atoms with Gasteiger partial charge in [0.2, 0.25) is 0 Å². The van der Waals surface area contributed by atoms with E-state index in [-0.39, 0.29) is 15.1 Å². The molecule has 0 saturated carbocycles. The van der Waals surface area contributed by atoms with Gasteiger partial charge in [-0.2, -0.15) is 0 Å². The zero-order chi connectivity index (χ0) is 20.7. The molecular formula is C18H45O3SbSi3. The number of rotatable bonds is 6. The maximum absolute atomic E-state index is 6.81. The van der Waals surface area contributed by atoms with Crippen LogP contribution in [0.3, 0.4) is 0 Å². The quantitative estimate of drug-likeness (QED) is 0.355. The van der Waals surface area contributed by atoms with Crippen molar-refractivity contribution in [1.29, 1.82) is 0 Å². The average Bonchev–Trinajstić information content (AvgIpc) is 2.21. The molecular weight excluding hydrogens is 470 g/mol. The van der Waals surface area contributed by atoms with Crippen molar-refractivity contribution in [2.24, 2.45) is 0 Å². The number of hydrogen-bond acceptors (Lipinski definition) is 3. The van der Waals surface area contributed by atoms with Crippen molar-refractivity contribution in [3.63, 3.8) is 0 Å². The monoisotopic (exact) mass is 514 g/mol. The molecule has 0 aliphatic heterocycles. The molecule has 0 amide bonds. The predicted octanol–water partition coefficient (Wildman–Crippen LogP) is 7.04. The first-order chi connectivity index (χ1) is 10.5.